The first kappa shape index (κ1) is 15.8. The summed E-state index contributed by atoms with van der Waals surface area (Å²) in [6.07, 6.45) is 6.62. The Morgan fingerprint density at radius 3 is 2.85 bits per heavy atom. The highest BCUT2D eigenvalue weighted by Crippen LogP contribution is 2.27. The van der Waals surface area contributed by atoms with Crippen LogP contribution in [-0.4, -0.2) is 20.9 Å². The van der Waals surface area contributed by atoms with Crippen LogP contribution in [0.4, 0.5) is 17.2 Å². The van der Waals surface area contributed by atoms with Gasteiger partial charge in [-0.2, -0.15) is 0 Å². The number of fused-ring (bicyclic) bond motifs is 2. The molecule has 2 aromatic carbocycles. The number of carbonyl (C=O) groups is 1. The molecule has 1 amide bonds. The van der Waals surface area contributed by atoms with E-state index < -0.39 is 0 Å². The van der Waals surface area contributed by atoms with E-state index in [0.29, 0.717) is 11.5 Å². The van der Waals surface area contributed by atoms with Crippen molar-refractivity contribution in [1.82, 2.24) is 15.0 Å². The van der Waals surface area contributed by atoms with Gasteiger partial charge < -0.3 is 15.6 Å². The zero-order valence-corrected chi connectivity index (χ0v) is 14.2. The van der Waals surface area contributed by atoms with Crippen molar-refractivity contribution < 1.29 is 4.79 Å². The van der Waals surface area contributed by atoms with Crippen LogP contribution in [0.15, 0.2) is 67.1 Å². The summed E-state index contributed by atoms with van der Waals surface area (Å²) in [6.45, 7) is 1.80. The molecule has 3 N–H and O–H groups in total. The van der Waals surface area contributed by atoms with Crippen LogP contribution in [0.2, 0.25) is 0 Å². The van der Waals surface area contributed by atoms with Crippen molar-refractivity contribution in [3.05, 3.63) is 67.1 Å². The third kappa shape index (κ3) is 3.12. The Bertz CT molecular complexity index is 1130. The van der Waals surface area contributed by atoms with Gasteiger partial charge in [-0.3, -0.25) is 4.79 Å². The third-order valence-corrected chi connectivity index (χ3v) is 4.04. The zero-order valence-electron chi connectivity index (χ0n) is 14.2. The van der Waals surface area contributed by atoms with E-state index >= 15 is 0 Å². The molecule has 0 saturated carbocycles. The number of hydrogen-bond acceptors (Lipinski definition) is 4. The molecule has 2 aromatic heterocycles. The molecule has 0 saturated heterocycles. The SMILES string of the molecule is C/C=C/C(=O)Nc1ccc2ncnc(Nc3ccc4[nH]ccc4c3)c2c1. The summed E-state index contributed by atoms with van der Waals surface area (Å²) >= 11 is 0. The molecular weight excluding hydrogens is 326 g/mol. The smallest absolute Gasteiger partial charge is 0.248 e. The Hall–Kier alpha value is -3.67. The van der Waals surface area contributed by atoms with Crippen LogP contribution in [0.1, 0.15) is 6.92 Å². The predicted molar refractivity (Wildman–Crippen MR) is 105 cm³/mol. The maximum atomic E-state index is 11.8. The van der Waals surface area contributed by atoms with E-state index in [0.717, 1.165) is 27.5 Å². The second-order valence-corrected chi connectivity index (χ2v) is 5.85. The number of hydrogen-bond donors (Lipinski definition) is 3. The lowest BCUT2D eigenvalue weighted by molar-refractivity contribution is -0.111. The highest BCUT2D eigenvalue weighted by Gasteiger charge is 2.07. The summed E-state index contributed by atoms with van der Waals surface area (Å²) in [5.74, 6) is 0.517. The van der Waals surface area contributed by atoms with Gasteiger partial charge in [0, 0.05) is 33.9 Å². The van der Waals surface area contributed by atoms with Crippen LogP contribution in [-0.2, 0) is 4.79 Å². The average molecular weight is 343 g/mol. The maximum absolute atomic E-state index is 11.8. The molecule has 128 valence electrons. The number of nitrogens with zero attached hydrogens (tertiary/aromatic N) is 2. The molecule has 6 heteroatoms. The molecule has 4 rings (SSSR count). The molecule has 0 aliphatic heterocycles. The monoisotopic (exact) mass is 343 g/mol. The van der Waals surface area contributed by atoms with Crippen LogP contribution in [0.3, 0.4) is 0 Å². The van der Waals surface area contributed by atoms with E-state index in [4.69, 9.17) is 0 Å². The van der Waals surface area contributed by atoms with Gasteiger partial charge in [-0.05, 0) is 55.5 Å². The summed E-state index contributed by atoms with van der Waals surface area (Å²) in [6, 6.07) is 13.6. The normalized spacial score (nSPS) is 11.3. The molecule has 0 radical (unpaired) electrons. The molecule has 0 aliphatic rings. The number of rotatable bonds is 4. The number of H-pyrrole nitrogens is 1. The maximum Gasteiger partial charge on any atom is 0.248 e. The number of allylic oxidation sites excluding steroid dienone is 1. The standard InChI is InChI=1S/C20H17N5O/c1-2-3-19(26)24-15-5-7-18-16(11-15)20(23-12-22-18)25-14-4-6-17-13(10-14)8-9-21-17/h2-12,21H,1H3,(H,24,26)(H,22,23,25)/b3-2+. The van der Waals surface area contributed by atoms with Crippen molar-refractivity contribution >= 4 is 44.9 Å². The Morgan fingerprint density at radius 1 is 1.08 bits per heavy atom. The van der Waals surface area contributed by atoms with Gasteiger partial charge >= 0.3 is 0 Å². The Kier molecular flexibility index (Phi) is 4.07. The minimum absolute atomic E-state index is 0.170. The lowest BCUT2D eigenvalue weighted by Crippen LogP contribution is -2.07. The third-order valence-electron chi connectivity index (χ3n) is 4.04. The molecule has 4 aromatic rings. The van der Waals surface area contributed by atoms with Crippen molar-refractivity contribution in [1.29, 1.82) is 0 Å². The zero-order chi connectivity index (χ0) is 17.9. The van der Waals surface area contributed by atoms with Crippen LogP contribution < -0.4 is 10.6 Å². The molecular formula is C20H17N5O. The van der Waals surface area contributed by atoms with Crippen LogP contribution in [0.5, 0.6) is 0 Å². The van der Waals surface area contributed by atoms with Crippen LogP contribution in [0, 0.1) is 0 Å². The van der Waals surface area contributed by atoms with Crippen LogP contribution in [0.25, 0.3) is 21.8 Å². The fourth-order valence-corrected chi connectivity index (χ4v) is 2.84. The van der Waals surface area contributed by atoms with Crippen LogP contribution >= 0.6 is 0 Å². The molecule has 0 unspecified atom stereocenters. The Morgan fingerprint density at radius 2 is 1.96 bits per heavy atom. The van der Waals surface area contributed by atoms with E-state index in [1.807, 2.05) is 42.6 Å². The number of benzene rings is 2. The highest BCUT2D eigenvalue weighted by atomic mass is 16.1. The first-order valence-electron chi connectivity index (χ1n) is 8.25. The van der Waals surface area contributed by atoms with Crippen molar-refractivity contribution in [2.75, 3.05) is 10.6 Å². The fourth-order valence-electron chi connectivity index (χ4n) is 2.84. The molecule has 26 heavy (non-hydrogen) atoms. The van der Waals surface area contributed by atoms with E-state index in [2.05, 4.69) is 31.7 Å². The first-order chi connectivity index (χ1) is 12.7. The van der Waals surface area contributed by atoms with Gasteiger partial charge in [-0.15, -0.1) is 0 Å². The molecule has 0 fully saturated rings. The predicted octanol–water partition coefficient (Wildman–Crippen LogP) is 4.37. The summed E-state index contributed by atoms with van der Waals surface area (Å²) < 4.78 is 0. The Labute approximate surface area is 150 Å². The summed E-state index contributed by atoms with van der Waals surface area (Å²) in [5.41, 5.74) is 3.51. The molecule has 0 bridgehead atoms. The van der Waals surface area contributed by atoms with Gasteiger partial charge in [0.15, 0.2) is 0 Å². The van der Waals surface area contributed by atoms with E-state index in [-0.39, 0.29) is 5.91 Å². The van der Waals surface area contributed by atoms with E-state index in [1.54, 1.807) is 13.0 Å². The summed E-state index contributed by atoms with van der Waals surface area (Å²) in [4.78, 5) is 23.6. The molecule has 2 heterocycles. The van der Waals surface area contributed by atoms with Gasteiger partial charge in [0.1, 0.15) is 12.1 Å². The lowest BCUT2D eigenvalue weighted by Gasteiger charge is -2.10. The van der Waals surface area contributed by atoms with Gasteiger partial charge in [0.25, 0.3) is 0 Å². The second-order valence-electron chi connectivity index (χ2n) is 5.85. The van der Waals surface area contributed by atoms with Gasteiger partial charge in [0.2, 0.25) is 5.91 Å². The number of amides is 1. The Balaban J connectivity index is 1.70. The van der Waals surface area contributed by atoms with Crippen molar-refractivity contribution in [2.24, 2.45) is 0 Å². The van der Waals surface area contributed by atoms with Crippen molar-refractivity contribution in [3.8, 4) is 0 Å². The number of carbonyl (C=O) groups excluding carboxylic acids is 1. The lowest BCUT2D eigenvalue weighted by atomic mass is 10.2. The van der Waals surface area contributed by atoms with E-state index in [1.165, 1.54) is 12.4 Å². The molecule has 0 atom stereocenters. The minimum Gasteiger partial charge on any atom is -0.361 e. The quantitative estimate of drug-likeness (QED) is 0.481. The second kappa shape index (κ2) is 6.68. The van der Waals surface area contributed by atoms with Crippen molar-refractivity contribution in [2.45, 2.75) is 6.92 Å². The van der Waals surface area contributed by atoms with Gasteiger partial charge in [-0.25, -0.2) is 9.97 Å². The largest absolute Gasteiger partial charge is 0.361 e. The van der Waals surface area contributed by atoms with E-state index in [9.17, 15) is 4.79 Å². The topological polar surface area (TPSA) is 82.7 Å². The number of nitrogens with one attached hydrogen (secondary N) is 3. The average Bonchev–Trinajstić information content (AvgIpc) is 3.10. The molecule has 0 spiro atoms. The molecule has 0 aliphatic carbocycles. The van der Waals surface area contributed by atoms with Crippen molar-refractivity contribution in [3.63, 3.8) is 0 Å². The number of aromatic nitrogens is 3. The fraction of sp³-hybridized carbons (Fsp3) is 0.0500. The van der Waals surface area contributed by atoms with Gasteiger partial charge in [0.05, 0.1) is 5.52 Å². The van der Waals surface area contributed by atoms with Gasteiger partial charge in [-0.1, -0.05) is 6.08 Å². The summed E-state index contributed by atoms with van der Waals surface area (Å²) in [7, 11) is 0. The molecule has 6 nitrogen and oxygen atoms in total. The number of aromatic amines is 1. The number of anilines is 3. The minimum atomic E-state index is -0.170. The highest BCUT2D eigenvalue weighted by molar-refractivity contribution is 6.02. The summed E-state index contributed by atoms with van der Waals surface area (Å²) in [5, 5.41) is 8.13. The first-order valence-corrected chi connectivity index (χ1v) is 8.25.